The third-order valence-corrected chi connectivity index (χ3v) is 3.73. The largest absolute Gasteiger partial charge is 0.330 e. The van der Waals surface area contributed by atoms with Gasteiger partial charge < -0.3 is 11.1 Å². The lowest BCUT2D eigenvalue weighted by Gasteiger charge is -2.11. The third-order valence-electron chi connectivity index (χ3n) is 2.29. The van der Waals surface area contributed by atoms with Gasteiger partial charge in [0.2, 0.25) is 0 Å². The van der Waals surface area contributed by atoms with Crippen molar-refractivity contribution in [2.75, 3.05) is 24.6 Å². The van der Waals surface area contributed by atoms with Crippen molar-refractivity contribution in [1.82, 2.24) is 5.32 Å². The Balaban J connectivity index is 1.94. The zero-order valence-electron chi connectivity index (χ0n) is 7.88. The van der Waals surface area contributed by atoms with Crippen molar-refractivity contribution < 1.29 is 0 Å². The summed E-state index contributed by atoms with van der Waals surface area (Å²) in [6, 6.07) is 0.778. The molecule has 2 nitrogen and oxygen atoms in total. The van der Waals surface area contributed by atoms with Crippen LogP contribution in [0.4, 0.5) is 0 Å². The highest BCUT2D eigenvalue weighted by molar-refractivity contribution is 7.99. The Morgan fingerprint density at radius 2 is 2.50 bits per heavy atom. The topological polar surface area (TPSA) is 38.0 Å². The number of hydrogen-bond acceptors (Lipinski definition) is 3. The first-order valence-electron chi connectivity index (χ1n) is 4.84. The number of rotatable bonds is 5. The maximum absolute atomic E-state index is 5.54. The molecule has 1 unspecified atom stereocenters. The van der Waals surface area contributed by atoms with E-state index >= 15 is 0 Å². The van der Waals surface area contributed by atoms with Gasteiger partial charge in [0.05, 0.1) is 0 Å². The highest BCUT2D eigenvalue weighted by Gasteiger charge is 2.13. The van der Waals surface area contributed by atoms with Crippen molar-refractivity contribution >= 4 is 11.8 Å². The van der Waals surface area contributed by atoms with Gasteiger partial charge in [0, 0.05) is 11.8 Å². The Bertz CT molecular complexity index is 113. The molecular formula is C9H20N2S. The van der Waals surface area contributed by atoms with Gasteiger partial charge in [-0.3, -0.25) is 0 Å². The van der Waals surface area contributed by atoms with Crippen LogP contribution in [0.2, 0.25) is 0 Å². The summed E-state index contributed by atoms with van der Waals surface area (Å²) in [6.07, 6.45) is 2.72. The maximum Gasteiger partial charge on any atom is 0.0158 e. The molecule has 1 fully saturated rings. The first kappa shape index (κ1) is 10.4. The molecule has 1 aliphatic heterocycles. The SMILES string of the molecule is CC(CN)CSC[C@@H]1CCCN1. The molecule has 1 aliphatic rings. The molecule has 0 spiro atoms. The Hall–Kier alpha value is 0.270. The van der Waals surface area contributed by atoms with Crippen LogP contribution in [0, 0.1) is 5.92 Å². The molecule has 0 amide bonds. The Morgan fingerprint density at radius 1 is 1.67 bits per heavy atom. The molecule has 0 bridgehead atoms. The van der Waals surface area contributed by atoms with Crippen LogP contribution < -0.4 is 11.1 Å². The highest BCUT2D eigenvalue weighted by atomic mass is 32.2. The molecule has 0 aromatic carbocycles. The van der Waals surface area contributed by atoms with E-state index in [1.54, 1.807) is 0 Å². The zero-order chi connectivity index (χ0) is 8.81. The third kappa shape index (κ3) is 3.78. The quantitative estimate of drug-likeness (QED) is 0.678. The van der Waals surface area contributed by atoms with E-state index in [9.17, 15) is 0 Å². The minimum absolute atomic E-state index is 0.677. The molecule has 1 rings (SSSR count). The van der Waals surface area contributed by atoms with Gasteiger partial charge in [0.15, 0.2) is 0 Å². The molecule has 3 heteroatoms. The molecule has 1 heterocycles. The van der Waals surface area contributed by atoms with Gasteiger partial charge >= 0.3 is 0 Å². The van der Waals surface area contributed by atoms with Gasteiger partial charge in [-0.15, -0.1) is 0 Å². The molecule has 0 aromatic rings. The fourth-order valence-electron chi connectivity index (χ4n) is 1.38. The van der Waals surface area contributed by atoms with Crippen molar-refractivity contribution in [3.05, 3.63) is 0 Å². The van der Waals surface area contributed by atoms with Crippen LogP contribution in [-0.4, -0.2) is 30.6 Å². The predicted molar refractivity (Wildman–Crippen MR) is 56.6 cm³/mol. The van der Waals surface area contributed by atoms with E-state index in [0.29, 0.717) is 5.92 Å². The van der Waals surface area contributed by atoms with E-state index in [1.165, 1.54) is 30.9 Å². The number of nitrogens with one attached hydrogen (secondary N) is 1. The fraction of sp³-hybridized carbons (Fsp3) is 1.00. The lowest BCUT2D eigenvalue weighted by atomic mass is 10.2. The zero-order valence-corrected chi connectivity index (χ0v) is 8.70. The second-order valence-corrected chi connectivity index (χ2v) is 4.75. The first-order valence-corrected chi connectivity index (χ1v) is 5.99. The van der Waals surface area contributed by atoms with Crippen LogP contribution in [0.3, 0.4) is 0 Å². The van der Waals surface area contributed by atoms with Crippen molar-refractivity contribution in [3.63, 3.8) is 0 Å². The van der Waals surface area contributed by atoms with Crippen molar-refractivity contribution in [2.24, 2.45) is 11.7 Å². The minimum atomic E-state index is 0.677. The smallest absolute Gasteiger partial charge is 0.0158 e. The summed E-state index contributed by atoms with van der Waals surface area (Å²) in [5.74, 6) is 3.16. The van der Waals surface area contributed by atoms with Crippen LogP contribution in [-0.2, 0) is 0 Å². The molecule has 12 heavy (non-hydrogen) atoms. The van der Waals surface area contributed by atoms with Gasteiger partial charge in [-0.25, -0.2) is 0 Å². The number of nitrogens with two attached hydrogens (primary N) is 1. The lowest BCUT2D eigenvalue weighted by molar-refractivity contribution is 0.660. The van der Waals surface area contributed by atoms with Crippen LogP contribution in [0.1, 0.15) is 19.8 Å². The van der Waals surface area contributed by atoms with Gasteiger partial charge in [-0.1, -0.05) is 6.92 Å². The summed E-state index contributed by atoms with van der Waals surface area (Å²) in [4.78, 5) is 0. The number of thioether (sulfide) groups is 1. The van der Waals surface area contributed by atoms with Crippen LogP contribution in [0.5, 0.6) is 0 Å². The molecule has 72 valence electrons. The highest BCUT2D eigenvalue weighted by Crippen LogP contribution is 2.14. The van der Waals surface area contributed by atoms with E-state index in [1.807, 2.05) is 11.8 Å². The second kappa shape index (κ2) is 5.84. The Morgan fingerprint density at radius 3 is 3.08 bits per heavy atom. The van der Waals surface area contributed by atoms with E-state index in [2.05, 4.69) is 12.2 Å². The molecule has 3 N–H and O–H groups in total. The molecular weight excluding hydrogens is 168 g/mol. The Labute approximate surface area is 79.7 Å². The van der Waals surface area contributed by atoms with E-state index < -0.39 is 0 Å². The molecule has 0 saturated carbocycles. The molecule has 0 radical (unpaired) electrons. The summed E-state index contributed by atoms with van der Waals surface area (Å²) in [7, 11) is 0. The van der Waals surface area contributed by atoms with E-state index in [-0.39, 0.29) is 0 Å². The normalized spacial score (nSPS) is 26.0. The standard InChI is InChI=1S/C9H20N2S/c1-8(5-10)6-12-7-9-3-2-4-11-9/h8-9,11H,2-7,10H2,1H3/t8?,9-/m0/s1. The van der Waals surface area contributed by atoms with Crippen LogP contribution >= 0.6 is 11.8 Å². The van der Waals surface area contributed by atoms with Gasteiger partial charge in [0.25, 0.3) is 0 Å². The lowest BCUT2D eigenvalue weighted by Crippen LogP contribution is -2.24. The van der Waals surface area contributed by atoms with Gasteiger partial charge in [-0.05, 0) is 37.6 Å². The maximum atomic E-state index is 5.54. The second-order valence-electron chi connectivity index (χ2n) is 3.67. The average Bonchev–Trinajstić information content (AvgIpc) is 2.57. The molecule has 1 saturated heterocycles. The molecule has 2 atom stereocenters. The molecule has 0 aliphatic carbocycles. The fourth-order valence-corrected chi connectivity index (χ4v) is 2.62. The van der Waals surface area contributed by atoms with E-state index in [4.69, 9.17) is 5.73 Å². The van der Waals surface area contributed by atoms with Crippen molar-refractivity contribution in [1.29, 1.82) is 0 Å². The average molecular weight is 188 g/mol. The Kier molecular flexibility index (Phi) is 5.04. The first-order chi connectivity index (χ1) is 5.83. The summed E-state index contributed by atoms with van der Waals surface area (Å²) in [6.45, 7) is 4.26. The van der Waals surface area contributed by atoms with Gasteiger partial charge in [-0.2, -0.15) is 11.8 Å². The summed E-state index contributed by atoms with van der Waals surface area (Å²) < 4.78 is 0. The van der Waals surface area contributed by atoms with Crippen molar-refractivity contribution in [3.8, 4) is 0 Å². The minimum Gasteiger partial charge on any atom is -0.330 e. The van der Waals surface area contributed by atoms with Gasteiger partial charge in [0.1, 0.15) is 0 Å². The summed E-state index contributed by atoms with van der Waals surface area (Å²) in [5.41, 5.74) is 5.54. The monoisotopic (exact) mass is 188 g/mol. The van der Waals surface area contributed by atoms with Crippen LogP contribution in [0.25, 0.3) is 0 Å². The predicted octanol–water partition coefficient (Wildman–Crippen LogP) is 1.07. The summed E-state index contributed by atoms with van der Waals surface area (Å²) in [5, 5.41) is 3.50. The van der Waals surface area contributed by atoms with Crippen LogP contribution in [0.15, 0.2) is 0 Å². The number of hydrogen-bond donors (Lipinski definition) is 2. The molecule has 0 aromatic heterocycles. The summed E-state index contributed by atoms with van der Waals surface area (Å²) >= 11 is 2.04. The van der Waals surface area contributed by atoms with Crippen molar-refractivity contribution in [2.45, 2.75) is 25.8 Å². The van der Waals surface area contributed by atoms with E-state index in [0.717, 1.165) is 12.6 Å².